The molecule has 3 rings (SSSR count). The molecule has 7 heteroatoms. The standard InChI is InChI=1S/C18H25F2N3O2/c19-16-2-1-15(9-17(16)20)23-8-5-14(11-23)10-21-18(25)22-6-3-13(12-24)4-7-22/h1-2,9,13-14,24H,3-8,10-12H2,(H,21,25)/t14-/m1/s1. The molecule has 2 fully saturated rings. The number of benzene rings is 1. The predicted molar refractivity (Wildman–Crippen MR) is 91.5 cm³/mol. The van der Waals surface area contributed by atoms with Gasteiger partial charge in [0.25, 0.3) is 0 Å². The lowest BCUT2D eigenvalue weighted by Gasteiger charge is -2.31. The molecule has 0 radical (unpaired) electrons. The Balaban J connectivity index is 1.44. The van der Waals surface area contributed by atoms with Gasteiger partial charge < -0.3 is 20.2 Å². The second-order valence-corrected chi connectivity index (χ2v) is 7.00. The molecule has 1 aromatic rings. The van der Waals surface area contributed by atoms with Gasteiger partial charge in [0.1, 0.15) is 0 Å². The van der Waals surface area contributed by atoms with Crippen LogP contribution >= 0.6 is 0 Å². The maximum absolute atomic E-state index is 13.4. The molecular weight excluding hydrogens is 328 g/mol. The van der Waals surface area contributed by atoms with Crippen LogP contribution in [-0.2, 0) is 0 Å². The summed E-state index contributed by atoms with van der Waals surface area (Å²) in [7, 11) is 0. The third-order valence-electron chi connectivity index (χ3n) is 5.26. The fourth-order valence-corrected chi connectivity index (χ4v) is 3.58. The molecule has 1 atom stereocenters. The molecule has 0 bridgehead atoms. The zero-order valence-corrected chi connectivity index (χ0v) is 14.3. The van der Waals surface area contributed by atoms with E-state index in [2.05, 4.69) is 5.32 Å². The molecule has 2 aliphatic heterocycles. The Morgan fingerprint density at radius 1 is 1.12 bits per heavy atom. The number of amides is 2. The van der Waals surface area contributed by atoms with E-state index in [0.29, 0.717) is 37.2 Å². The van der Waals surface area contributed by atoms with Gasteiger partial charge in [-0.2, -0.15) is 0 Å². The number of halogens is 2. The second kappa shape index (κ2) is 7.99. The Labute approximate surface area is 146 Å². The summed E-state index contributed by atoms with van der Waals surface area (Å²) in [5, 5.41) is 12.1. The number of carbonyl (C=O) groups excluding carboxylic acids is 1. The van der Waals surface area contributed by atoms with Crippen LogP contribution < -0.4 is 10.2 Å². The fraction of sp³-hybridized carbons (Fsp3) is 0.611. The summed E-state index contributed by atoms with van der Waals surface area (Å²) in [6.45, 7) is 3.63. The average molecular weight is 353 g/mol. The van der Waals surface area contributed by atoms with E-state index in [1.165, 1.54) is 6.07 Å². The number of nitrogens with one attached hydrogen (secondary N) is 1. The SMILES string of the molecule is O=C(NC[C@H]1CCN(c2ccc(F)c(F)c2)C1)N1CCC(CO)CC1. The molecule has 138 valence electrons. The Kier molecular flexibility index (Phi) is 5.73. The van der Waals surface area contributed by atoms with E-state index >= 15 is 0 Å². The van der Waals surface area contributed by atoms with Gasteiger partial charge >= 0.3 is 6.03 Å². The molecule has 0 unspecified atom stereocenters. The first-order valence-electron chi connectivity index (χ1n) is 8.90. The number of hydrogen-bond acceptors (Lipinski definition) is 3. The van der Waals surface area contributed by atoms with Crippen molar-refractivity contribution in [2.45, 2.75) is 19.3 Å². The van der Waals surface area contributed by atoms with Gasteiger partial charge in [-0.15, -0.1) is 0 Å². The van der Waals surface area contributed by atoms with Crippen molar-refractivity contribution in [1.82, 2.24) is 10.2 Å². The third-order valence-corrected chi connectivity index (χ3v) is 5.26. The highest BCUT2D eigenvalue weighted by molar-refractivity contribution is 5.74. The first-order chi connectivity index (χ1) is 12.1. The van der Waals surface area contributed by atoms with Gasteiger partial charge in [-0.3, -0.25) is 0 Å². The second-order valence-electron chi connectivity index (χ2n) is 7.00. The Hall–Kier alpha value is -1.89. The number of hydrogen-bond donors (Lipinski definition) is 2. The molecule has 2 N–H and O–H groups in total. The topological polar surface area (TPSA) is 55.8 Å². The van der Waals surface area contributed by atoms with Crippen LogP contribution in [0.25, 0.3) is 0 Å². The lowest BCUT2D eigenvalue weighted by atomic mass is 9.98. The van der Waals surface area contributed by atoms with Crippen LogP contribution in [0, 0.1) is 23.5 Å². The van der Waals surface area contributed by atoms with Crippen LogP contribution in [0.3, 0.4) is 0 Å². The number of carbonyl (C=O) groups is 1. The Morgan fingerprint density at radius 2 is 1.84 bits per heavy atom. The minimum absolute atomic E-state index is 0.0531. The van der Waals surface area contributed by atoms with Gasteiger partial charge in [0.05, 0.1) is 0 Å². The van der Waals surface area contributed by atoms with Crippen LogP contribution in [0.15, 0.2) is 18.2 Å². The average Bonchev–Trinajstić information content (AvgIpc) is 3.11. The number of piperidine rings is 1. The van der Waals surface area contributed by atoms with E-state index in [9.17, 15) is 13.6 Å². The van der Waals surface area contributed by atoms with E-state index in [1.54, 1.807) is 11.0 Å². The minimum atomic E-state index is -0.836. The summed E-state index contributed by atoms with van der Waals surface area (Å²) in [6.07, 6.45) is 2.60. The number of nitrogens with zero attached hydrogens (tertiary/aromatic N) is 2. The molecule has 0 saturated carbocycles. The third kappa shape index (κ3) is 4.39. The van der Waals surface area contributed by atoms with Crippen LogP contribution in [-0.4, -0.2) is 55.4 Å². The molecule has 5 nitrogen and oxygen atoms in total. The maximum Gasteiger partial charge on any atom is 0.317 e. The van der Waals surface area contributed by atoms with E-state index in [0.717, 1.165) is 38.4 Å². The molecule has 2 heterocycles. The van der Waals surface area contributed by atoms with E-state index in [-0.39, 0.29) is 12.6 Å². The predicted octanol–water partition coefficient (Wildman–Crippen LogP) is 2.21. The molecule has 0 aliphatic carbocycles. The Bertz CT molecular complexity index is 606. The van der Waals surface area contributed by atoms with Crippen LogP contribution in [0.5, 0.6) is 0 Å². The first-order valence-corrected chi connectivity index (χ1v) is 8.90. The quantitative estimate of drug-likeness (QED) is 0.873. The summed E-state index contributed by atoms with van der Waals surface area (Å²) in [6, 6.07) is 3.91. The zero-order valence-electron chi connectivity index (χ0n) is 14.3. The number of aliphatic hydroxyl groups is 1. The van der Waals surface area contributed by atoms with Crippen molar-refractivity contribution in [2.75, 3.05) is 44.2 Å². The van der Waals surface area contributed by atoms with Crippen molar-refractivity contribution in [3.8, 4) is 0 Å². The van der Waals surface area contributed by atoms with Gasteiger partial charge in [-0.05, 0) is 43.2 Å². The lowest BCUT2D eigenvalue weighted by Crippen LogP contribution is -2.46. The minimum Gasteiger partial charge on any atom is -0.396 e. The normalized spacial score (nSPS) is 21.6. The van der Waals surface area contributed by atoms with E-state index < -0.39 is 11.6 Å². The molecule has 0 aromatic heterocycles. The van der Waals surface area contributed by atoms with Crippen molar-refractivity contribution >= 4 is 11.7 Å². The summed E-state index contributed by atoms with van der Waals surface area (Å²) >= 11 is 0. The number of anilines is 1. The van der Waals surface area contributed by atoms with Crippen LogP contribution in [0.1, 0.15) is 19.3 Å². The van der Waals surface area contributed by atoms with Gasteiger partial charge in [0.15, 0.2) is 11.6 Å². The molecular formula is C18H25F2N3O2. The maximum atomic E-state index is 13.4. The highest BCUT2D eigenvalue weighted by Crippen LogP contribution is 2.25. The summed E-state index contributed by atoms with van der Waals surface area (Å²) in [5.41, 5.74) is 0.679. The van der Waals surface area contributed by atoms with Crippen molar-refractivity contribution in [3.05, 3.63) is 29.8 Å². The van der Waals surface area contributed by atoms with Gasteiger partial charge in [-0.25, -0.2) is 13.6 Å². The first kappa shape index (κ1) is 17.9. The molecule has 0 spiro atoms. The van der Waals surface area contributed by atoms with Crippen molar-refractivity contribution in [3.63, 3.8) is 0 Å². The van der Waals surface area contributed by atoms with Crippen LogP contribution in [0.4, 0.5) is 19.3 Å². The molecule has 2 saturated heterocycles. The zero-order chi connectivity index (χ0) is 17.8. The fourth-order valence-electron chi connectivity index (χ4n) is 3.58. The van der Waals surface area contributed by atoms with E-state index in [4.69, 9.17) is 5.11 Å². The monoisotopic (exact) mass is 353 g/mol. The highest BCUT2D eigenvalue weighted by atomic mass is 19.2. The van der Waals surface area contributed by atoms with E-state index in [1.807, 2.05) is 4.90 Å². The lowest BCUT2D eigenvalue weighted by molar-refractivity contribution is 0.137. The van der Waals surface area contributed by atoms with Crippen LogP contribution in [0.2, 0.25) is 0 Å². The number of likely N-dealkylation sites (tertiary alicyclic amines) is 1. The smallest absolute Gasteiger partial charge is 0.317 e. The summed E-state index contributed by atoms with van der Waals surface area (Å²) in [5.74, 6) is -1.06. The van der Waals surface area contributed by atoms with Crippen molar-refractivity contribution < 1.29 is 18.7 Å². The molecule has 2 amide bonds. The summed E-state index contributed by atoms with van der Waals surface area (Å²) < 4.78 is 26.4. The number of urea groups is 1. The van der Waals surface area contributed by atoms with Crippen molar-refractivity contribution in [2.24, 2.45) is 11.8 Å². The van der Waals surface area contributed by atoms with Gasteiger partial charge in [0, 0.05) is 51.1 Å². The van der Waals surface area contributed by atoms with Crippen molar-refractivity contribution in [1.29, 1.82) is 0 Å². The molecule has 1 aromatic carbocycles. The Morgan fingerprint density at radius 3 is 2.52 bits per heavy atom. The number of rotatable bonds is 4. The van der Waals surface area contributed by atoms with Gasteiger partial charge in [0.2, 0.25) is 0 Å². The molecule has 2 aliphatic rings. The number of aliphatic hydroxyl groups excluding tert-OH is 1. The highest BCUT2D eigenvalue weighted by Gasteiger charge is 2.26. The molecule has 25 heavy (non-hydrogen) atoms. The van der Waals surface area contributed by atoms with Gasteiger partial charge in [-0.1, -0.05) is 0 Å². The largest absolute Gasteiger partial charge is 0.396 e. The summed E-state index contributed by atoms with van der Waals surface area (Å²) in [4.78, 5) is 16.1.